The first kappa shape index (κ1) is 20.5. The van der Waals surface area contributed by atoms with Gasteiger partial charge in [-0.15, -0.1) is 0 Å². The molecule has 1 fully saturated rings. The van der Waals surface area contributed by atoms with E-state index in [4.69, 9.17) is 43.9 Å². The van der Waals surface area contributed by atoms with Gasteiger partial charge >= 0.3 is 7.60 Å². The van der Waals surface area contributed by atoms with Crippen molar-refractivity contribution >= 4 is 52.4 Å². The highest BCUT2D eigenvalue weighted by Gasteiger charge is 2.53. The summed E-state index contributed by atoms with van der Waals surface area (Å²) in [6.45, 7) is 3.84. The molecule has 0 radical (unpaired) electrons. The molecule has 24 heavy (non-hydrogen) atoms. The van der Waals surface area contributed by atoms with E-state index in [2.05, 4.69) is 4.72 Å². The third kappa shape index (κ3) is 4.86. The zero-order chi connectivity index (χ0) is 18.2. The van der Waals surface area contributed by atoms with Crippen LogP contribution >= 0.6 is 42.4 Å². The number of rotatable bonds is 4. The Hall–Kier alpha value is 0.150. The van der Waals surface area contributed by atoms with Crippen LogP contribution in [0.3, 0.4) is 0 Å². The summed E-state index contributed by atoms with van der Waals surface area (Å²) >= 11 is 17.6. The molecule has 0 bridgehead atoms. The second kappa shape index (κ2) is 7.05. The number of nitrogens with one attached hydrogen (secondary N) is 1. The summed E-state index contributed by atoms with van der Waals surface area (Å²) in [6, 6.07) is 7.45. The van der Waals surface area contributed by atoms with Crippen molar-refractivity contribution in [3.63, 3.8) is 0 Å². The molecule has 1 saturated heterocycles. The molecular formula is C13H17Cl3NO5PS. The summed E-state index contributed by atoms with van der Waals surface area (Å²) in [5, 5.41) is 0. The Bertz CT molecular complexity index is 722. The summed E-state index contributed by atoms with van der Waals surface area (Å²) in [6.07, 6.45) is 0. The second-order valence-electron chi connectivity index (χ2n) is 6.13. The van der Waals surface area contributed by atoms with E-state index < -0.39 is 27.2 Å². The minimum Gasteiger partial charge on any atom is -0.307 e. The van der Waals surface area contributed by atoms with Crippen LogP contribution < -0.4 is 4.72 Å². The highest BCUT2D eigenvalue weighted by atomic mass is 35.6. The van der Waals surface area contributed by atoms with E-state index in [1.807, 2.05) is 13.8 Å². The molecule has 0 aromatic heterocycles. The third-order valence-electron chi connectivity index (χ3n) is 3.22. The minimum atomic E-state index is -4.09. The predicted molar refractivity (Wildman–Crippen MR) is 94.1 cm³/mol. The fourth-order valence-electron chi connectivity index (χ4n) is 1.88. The van der Waals surface area contributed by atoms with E-state index >= 15 is 0 Å². The number of alkyl halides is 3. The fraction of sp³-hybridized carbons (Fsp3) is 0.538. The van der Waals surface area contributed by atoms with Crippen LogP contribution in [-0.4, -0.2) is 31.2 Å². The Kier molecular flexibility index (Phi) is 6.01. The summed E-state index contributed by atoms with van der Waals surface area (Å²) in [5.74, 6) is -1.68. The van der Waals surface area contributed by atoms with E-state index in [1.54, 1.807) is 6.07 Å². The molecule has 0 amide bonds. The average molecular weight is 437 g/mol. The van der Waals surface area contributed by atoms with Crippen molar-refractivity contribution in [3.8, 4) is 0 Å². The van der Waals surface area contributed by atoms with Crippen LogP contribution in [0, 0.1) is 5.41 Å². The van der Waals surface area contributed by atoms with Crippen LogP contribution in [0.2, 0.25) is 0 Å². The molecule has 0 saturated carbocycles. The average Bonchev–Trinajstić information content (AvgIpc) is 2.48. The lowest BCUT2D eigenvalue weighted by molar-refractivity contribution is 0.0376. The van der Waals surface area contributed by atoms with Crippen molar-refractivity contribution in [2.45, 2.75) is 28.3 Å². The van der Waals surface area contributed by atoms with Gasteiger partial charge in [0.2, 0.25) is 13.8 Å². The van der Waals surface area contributed by atoms with E-state index in [0.29, 0.717) is 0 Å². The van der Waals surface area contributed by atoms with Gasteiger partial charge in [0.25, 0.3) is 0 Å². The minimum absolute atomic E-state index is 0.0619. The SMILES string of the molecule is CC1(C)COP(=O)(C(NS(=O)(=O)c2ccccc2)C(Cl)(Cl)Cl)OC1. The van der Waals surface area contributed by atoms with Gasteiger partial charge in [0.1, 0.15) is 0 Å². The van der Waals surface area contributed by atoms with Crippen LogP contribution in [0.15, 0.2) is 35.2 Å². The molecule has 1 atom stereocenters. The Morgan fingerprint density at radius 3 is 2.12 bits per heavy atom. The van der Waals surface area contributed by atoms with E-state index in [9.17, 15) is 13.0 Å². The number of sulfonamides is 1. The van der Waals surface area contributed by atoms with Crippen molar-refractivity contribution < 1.29 is 22.0 Å². The monoisotopic (exact) mass is 435 g/mol. The number of hydrogen-bond acceptors (Lipinski definition) is 5. The quantitative estimate of drug-likeness (QED) is 0.571. The normalized spacial score (nSPS) is 22.0. The van der Waals surface area contributed by atoms with Crippen LogP contribution in [-0.2, 0) is 23.6 Å². The maximum atomic E-state index is 13.0. The lowest BCUT2D eigenvalue weighted by Gasteiger charge is -2.39. The van der Waals surface area contributed by atoms with Gasteiger partial charge in [-0.1, -0.05) is 66.8 Å². The first-order chi connectivity index (χ1) is 10.9. The fourth-order valence-corrected chi connectivity index (χ4v) is 7.16. The third-order valence-corrected chi connectivity index (χ3v) is 8.07. The molecule has 1 aromatic carbocycles. The van der Waals surface area contributed by atoms with Gasteiger partial charge in [0.05, 0.1) is 18.1 Å². The van der Waals surface area contributed by atoms with Crippen LogP contribution in [0.4, 0.5) is 0 Å². The number of benzene rings is 1. The Morgan fingerprint density at radius 1 is 1.17 bits per heavy atom. The van der Waals surface area contributed by atoms with Crippen LogP contribution in [0.25, 0.3) is 0 Å². The number of halogens is 3. The van der Waals surface area contributed by atoms with Gasteiger partial charge in [-0.3, -0.25) is 4.57 Å². The van der Waals surface area contributed by atoms with Gasteiger partial charge in [-0.05, 0) is 12.1 Å². The van der Waals surface area contributed by atoms with Gasteiger partial charge in [0, 0.05) is 5.41 Å². The molecule has 1 unspecified atom stereocenters. The Morgan fingerprint density at radius 2 is 1.67 bits per heavy atom. The molecule has 1 aliphatic rings. The smallest absolute Gasteiger partial charge is 0.307 e. The first-order valence-corrected chi connectivity index (χ1v) is 11.1. The van der Waals surface area contributed by atoms with Crippen LogP contribution in [0.5, 0.6) is 0 Å². The van der Waals surface area contributed by atoms with Crippen molar-refractivity contribution in [2.75, 3.05) is 13.2 Å². The molecule has 136 valence electrons. The van der Waals surface area contributed by atoms with Gasteiger partial charge in [-0.2, -0.15) is 4.72 Å². The second-order valence-corrected chi connectivity index (χ2v) is 12.3. The van der Waals surface area contributed by atoms with Gasteiger partial charge in [0.15, 0.2) is 5.78 Å². The Labute approximate surface area is 156 Å². The van der Waals surface area contributed by atoms with E-state index in [1.165, 1.54) is 24.3 Å². The molecule has 11 heteroatoms. The zero-order valence-electron chi connectivity index (χ0n) is 12.9. The van der Waals surface area contributed by atoms with Crippen molar-refractivity contribution in [3.05, 3.63) is 30.3 Å². The molecule has 1 aromatic rings. The van der Waals surface area contributed by atoms with Crippen molar-refractivity contribution in [2.24, 2.45) is 5.41 Å². The van der Waals surface area contributed by atoms with E-state index in [-0.39, 0.29) is 23.5 Å². The Balaban J connectivity index is 2.33. The van der Waals surface area contributed by atoms with Crippen molar-refractivity contribution in [1.29, 1.82) is 0 Å². The number of hydrogen-bond donors (Lipinski definition) is 1. The van der Waals surface area contributed by atoms with Crippen molar-refractivity contribution in [1.82, 2.24) is 4.72 Å². The maximum Gasteiger partial charge on any atom is 0.352 e. The summed E-state index contributed by atoms with van der Waals surface area (Å²) in [4.78, 5) is -0.0619. The summed E-state index contributed by atoms with van der Waals surface area (Å²) in [7, 11) is -8.12. The maximum absolute atomic E-state index is 13.0. The molecule has 1 aliphatic heterocycles. The predicted octanol–water partition coefficient (Wildman–Crippen LogP) is 3.93. The lowest BCUT2D eigenvalue weighted by Crippen LogP contribution is -2.46. The first-order valence-electron chi connectivity index (χ1n) is 6.89. The molecule has 0 spiro atoms. The standard InChI is InChI=1S/C13H17Cl3NO5PS/c1-12(2)8-21-23(18,22-9-12)11(13(14,15)16)17-24(19,20)10-6-4-3-5-7-10/h3-7,11,17H,8-9H2,1-2H3. The molecular weight excluding hydrogens is 420 g/mol. The van der Waals surface area contributed by atoms with Gasteiger partial charge in [-0.25, -0.2) is 8.42 Å². The summed E-state index contributed by atoms with van der Waals surface area (Å²) in [5.41, 5.74) is -0.385. The molecule has 0 aliphatic carbocycles. The van der Waals surface area contributed by atoms with E-state index in [0.717, 1.165) is 0 Å². The summed E-state index contributed by atoms with van der Waals surface area (Å²) < 4.78 is 48.4. The largest absolute Gasteiger partial charge is 0.352 e. The van der Waals surface area contributed by atoms with Gasteiger partial charge < -0.3 is 9.05 Å². The zero-order valence-corrected chi connectivity index (χ0v) is 16.9. The highest BCUT2D eigenvalue weighted by Crippen LogP contribution is 2.62. The topological polar surface area (TPSA) is 81.7 Å². The molecule has 2 rings (SSSR count). The lowest BCUT2D eigenvalue weighted by atomic mass is 9.97. The molecule has 6 nitrogen and oxygen atoms in total. The highest BCUT2D eigenvalue weighted by molar-refractivity contribution is 7.89. The molecule has 1 N–H and O–H groups in total. The molecule has 1 heterocycles. The van der Waals surface area contributed by atoms with Crippen LogP contribution in [0.1, 0.15) is 13.8 Å².